The fourth-order valence-electron chi connectivity index (χ4n) is 2.73. The summed E-state index contributed by atoms with van der Waals surface area (Å²) < 4.78 is 6.51. The number of fused-ring (bicyclic) bond motifs is 1. The molecule has 0 N–H and O–H groups in total. The Morgan fingerprint density at radius 1 is 1.00 bits per heavy atom. The SMILES string of the molecule is O=c1oc2ccc(Cl)cc2c(-c2cccs2)c1-c1ccc(Br)cc1. The maximum Gasteiger partial charge on any atom is 0.344 e. The van der Waals surface area contributed by atoms with Crippen molar-refractivity contribution in [2.45, 2.75) is 0 Å². The zero-order chi connectivity index (χ0) is 16.7. The topological polar surface area (TPSA) is 30.2 Å². The molecular weight excluding hydrogens is 408 g/mol. The van der Waals surface area contributed by atoms with E-state index in [0.29, 0.717) is 16.2 Å². The van der Waals surface area contributed by atoms with Gasteiger partial charge in [0.05, 0.1) is 5.56 Å². The normalized spacial score (nSPS) is 11.1. The largest absolute Gasteiger partial charge is 0.422 e. The first-order valence-electron chi connectivity index (χ1n) is 7.19. The lowest BCUT2D eigenvalue weighted by Crippen LogP contribution is -2.05. The van der Waals surface area contributed by atoms with E-state index < -0.39 is 0 Å². The van der Waals surface area contributed by atoms with Crippen molar-refractivity contribution in [3.8, 4) is 21.6 Å². The average molecular weight is 418 g/mol. The number of halogens is 2. The molecule has 0 aliphatic carbocycles. The van der Waals surface area contributed by atoms with Crippen LogP contribution in [0.2, 0.25) is 5.02 Å². The van der Waals surface area contributed by atoms with Gasteiger partial charge in [-0.25, -0.2) is 4.79 Å². The highest BCUT2D eigenvalue weighted by molar-refractivity contribution is 9.10. The Bertz CT molecular complexity index is 1080. The number of thiophene rings is 1. The van der Waals surface area contributed by atoms with E-state index in [-0.39, 0.29) is 5.63 Å². The molecule has 0 atom stereocenters. The molecule has 2 heterocycles. The van der Waals surface area contributed by atoms with Crippen molar-refractivity contribution in [3.05, 3.63) is 79.9 Å². The molecule has 4 aromatic rings. The van der Waals surface area contributed by atoms with Crippen LogP contribution in [0.15, 0.2) is 73.7 Å². The van der Waals surface area contributed by atoms with Crippen molar-refractivity contribution >= 4 is 49.8 Å². The lowest BCUT2D eigenvalue weighted by molar-refractivity contribution is 0.564. The van der Waals surface area contributed by atoms with Crippen molar-refractivity contribution < 1.29 is 4.42 Å². The first-order chi connectivity index (χ1) is 11.6. The third-order valence-corrected chi connectivity index (χ3v) is 5.42. The van der Waals surface area contributed by atoms with Crippen molar-refractivity contribution in [1.82, 2.24) is 0 Å². The maximum atomic E-state index is 12.7. The summed E-state index contributed by atoms with van der Waals surface area (Å²) in [5.74, 6) is 0. The first-order valence-corrected chi connectivity index (χ1v) is 9.25. The molecule has 5 heteroatoms. The summed E-state index contributed by atoms with van der Waals surface area (Å²) >= 11 is 11.2. The molecule has 0 fully saturated rings. The van der Waals surface area contributed by atoms with Crippen LogP contribution in [0, 0.1) is 0 Å². The van der Waals surface area contributed by atoms with Crippen LogP contribution in [0.3, 0.4) is 0 Å². The van der Waals surface area contributed by atoms with Crippen LogP contribution < -0.4 is 5.63 Å². The van der Waals surface area contributed by atoms with Gasteiger partial charge in [-0.05, 0) is 47.3 Å². The van der Waals surface area contributed by atoms with Crippen molar-refractivity contribution in [2.75, 3.05) is 0 Å². The molecule has 0 saturated heterocycles. The van der Waals surface area contributed by atoms with Crippen LogP contribution in [0.25, 0.3) is 32.5 Å². The molecule has 2 nitrogen and oxygen atoms in total. The summed E-state index contributed by atoms with van der Waals surface area (Å²) in [4.78, 5) is 13.7. The van der Waals surface area contributed by atoms with Gasteiger partial charge in [0.15, 0.2) is 0 Å². The van der Waals surface area contributed by atoms with Crippen LogP contribution in [-0.4, -0.2) is 0 Å². The van der Waals surface area contributed by atoms with E-state index in [2.05, 4.69) is 15.9 Å². The highest BCUT2D eigenvalue weighted by Crippen LogP contribution is 2.39. The molecule has 0 aliphatic heterocycles. The second-order valence-corrected chi connectivity index (χ2v) is 7.56. The van der Waals surface area contributed by atoms with Crippen molar-refractivity contribution in [1.29, 1.82) is 0 Å². The van der Waals surface area contributed by atoms with E-state index in [1.807, 2.05) is 47.8 Å². The van der Waals surface area contributed by atoms with Gasteiger partial charge in [0, 0.05) is 25.3 Å². The van der Waals surface area contributed by atoms with Gasteiger partial charge in [0.2, 0.25) is 0 Å². The van der Waals surface area contributed by atoms with Crippen LogP contribution in [0.1, 0.15) is 0 Å². The second kappa shape index (κ2) is 6.20. The molecule has 0 unspecified atom stereocenters. The highest BCUT2D eigenvalue weighted by Gasteiger charge is 2.19. The minimum atomic E-state index is -0.351. The second-order valence-electron chi connectivity index (χ2n) is 5.26. The first kappa shape index (κ1) is 15.6. The maximum absolute atomic E-state index is 12.7. The molecule has 2 aromatic carbocycles. The fourth-order valence-corrected chi connectivity index (χ4v) is 3.96. The zero-order valence-electron chi connectivity index (χ0n) is 12.3. The van der Waals surface area contributed by atoms with Gasteiger partial charge >= 0.3 is 5.63 Å². The monoisotopic (exact) mass is 416 g/mol. The van der Waals surface area contributed by atoms with Gasteiger partial charge < -0.3 is 4.42 Å². The Morgan fingerprint density at radius 2 is 1.79 bits per heavy atom. The molecule has 0 bridgehead atoms. The fraction of sp³-hybridized carbons (Fsp3) is 0. The van der Waals surface area contributed by atoms with Gasteiger partial charge in [-0.3, -0.25) is 0 Å². The van der Waals surface area contributed by atoms with Gasteiger partial charge in [-0.1, -0.05) is 45.7 Å². The molecule has 0 saturated carbocycles. The predicted molar refractivity (Wildman–Crippen MR) is 104 cm³/mol. The van der Waals surface area contributed by atoms with E-state index in [4.69, 9.17) is 16.0 Å². The Morgan fingerprint density at radius 3 is 2.50 bits per heavy atom. The van der Waals surface area contributed by atoms with Crippen LogP contribution >= 0.6 is 38.9 Å². The van der Waals surface area contributed by atoms with Crippen LogP contribution in [0.5, 0.6) is 0 Å². The molecule has 0 amide bonds. The Kier molecular flexibility index (Phi) is 4.04. The van der Waals surface area contributed by atoms with Crippen LogP contribution in [-0.2, 0) is 0 Å². The molecule has 0 aliphatic rings. The third-order valence-electron chi connectivity index (χ3n) is 3.77. The lowest BCUT2D eigenvalue weighted by atomic mass is 9.97. The average Bonchev–Trinajstić information content (AvgIpc) is 3.09. The Hall–Kier alpha value is -1.88. The van der Waals surface area contributed by atoms with Gasteiger partial charge in [0.25, 0.3) is 0 Å². The van der Waals surface area contributed by atoms with E-state index in [1.54, 1.807) is 23.5 Å². The summed E-state index contributed by atoms with van der Waals surface area (Å²) in [6, 6.07) is 16.9. The summed E-state index contributed by atoms with van der Waals surface area (Å²) in [5.41, 5.74) is 2.42. The van der Waals surface area contributed by atoms with Crippen molar-refractivity contribution in [3.63, 3.8) is 0 Å². The van der Waals surface area contributed by atoms with Crippen molar-refractivity contribution in [2.24, 2.45) is 0 Å². The number of rotatable bonds is 2. The Balaban J connectivity index is 2.16. The smallest absolute Gasteiger partial charge is 0.344 e. The zero-order valence-corrected chi connectivity index (χ0v) is 15.4. The summed E-state index contributed by atoms with van der Waals surface area (Å²) in [7, 11) is 0. The molecule has 118 valence electrons. The molecule has 2 aromatic heterocycles. The molecule has 0 radical (unpaired) electrons. The van der Waals surface area contributed by atoms with Gasteiger partial charge in [-0.2, -0.15) is 0 Å². The highest BCUT2D eigenvalue weighted by atomic mass is 79.9. The standard InChI is InChI=1S/C19H10BrClO2S/c20-12-5-3-11(4-6-12)17-18(16-2-1-9-24-16)14-10-13(21)7-8-15(14)23-19(17)22/h1-10H. The lowest BCUT2D eigenvalue weighted by Gasteiger charge is -2.11. The summed E-state index contributed by atoms with van der Waals surface area (Å²) in [5, 5.41) is 3.43. The molecule has 4 rings (SSSR count). The number of hydrogen-bond donors (Lipinski definition) is 0. The minimum absolute atomic E-state index is 0.351. The van der Waals surface area contributed by atoms with E-state index in [9.17, 15) is 4.79 Å². The molecule has 0 spiro atoms. The molecule has 24 heavy (non-hydrogen) atoms. The minimum Gasteiger partial charge on any atom is -0.422 e. The predicted octanol–water partition coefficient (Wildman–Crippen LogP) is 6.60. The molecular formula is C19H10BrClO2S. The number of benzene rings is 2. The van der Waals surface area contributed by atoms with Gasteiger partial charge in [-0.15, -0.1) is 11.3 Å². The summed E-state index contributed by atoms with van der Waals surface area (Å²) in [6.07, 6.45) is 0. The van der Waals surface area contributed by atoms with Crippen LogP contribution in [0.4, 0.5) is 0 Å². The Labute approximate surface area is 155 Å². The number of hydrogen-bond acceptors (Lipinski definition) is 3. The quantitative estimate of drug-likeness (QED) is 0.344. The van der Waals surface area contributed by atoms with E-state index in [0.717, 1.165) is 25.9 Å². The van der Waals surface area contributed by atoms with E-state index in [1.165, 1.54) is 0 Å². The van der Waals surface area contributed by atoms with E-state index >= 15 is 0 Å². The summed E-state index contributed by atoms with van der Waals surface area (Å²) in [6.45, 7) is 0. The third kappa shape index (κ3) is 2.71. The van der Waals surface area contributed by atoms with Gasteiger partial charge in [0.1, 0.15) is 5.58 Å².